The number of piperidine rings is 1. The number of ketones is 1. The Morgan fingerprint density at radius 1 is 1.08 bits per heavy atom. The van der Waals surface area contributed by atoms with Gasteiger partial charge in [-0.3, -0.25) is 9.59 Å². The molecule has 2 fully saturated rings. The standard InChI is InChI=1S/C18H20N2O4/c1-19-12-14(13-4-2-3-5-15(13)19)16(21)17(22)20-8-6-18(7-9-20)23-10-11-24-18/h2-5,12H,6-11H2,1H3. The lowest BCUT2D eigenvalue weighted by Gasteiger charge is -2.37. The Labute approximate surface area is 139 Å². The van der Waals surface area contributed by atoms with Crippen LogP contribution in [0, 0.1) is 0 Å². The Balaban J connectivity index is 1.53. The molecule has 126 valence electrons. The second kappa shape index (κ2) is 5.72. The normalized spacial score (nSPS) is 20.0. The summed E-state index contributed by atoms with van der Waals surface area (Å²) in [5.41, 5.74) is 1.41. The molecule has 0 saturated carbocycles. The van der Waals surface area contributed by atoms with Crippen LogP contribution >= 0.6 is 0 Å². The van der Waals surface area contributed by atoms with Crippen LogP contribution in [0.2, 0.25) is 0 Å². The van der Waals surface area contributed by atoms with Gasteiger partial charge in [0.1, 0.15) is 0 Å². The molecule has 6 nitrogen and oxygen atoms in total. The SMILES string of the molecule is Cn1cc(C(=O)C(=O)N2CCC3(CC2)OCCO3)c2ccccc21. The van der Waals surface area contributed by atoms with E-state index in [0.29, 0.717) is 44.7 Å². The van der Waals surface area contributed by atoms with Crippen molar-refractivity contribution in [2.75, 3.05) is 26.3 Å². The zero-order valence-electron chi connectivity index (χ0n) is 13.7. The van der Waals surface area contributed by atoms with Crippen molar-refractivity contribution in [2.24, 2.45) is 7.05 Å². The number of nitrogens with zero attached hydrogens (tertiary/aromatic N) is 2. The van der Waals surface area contributed by atoms with Crippen LogP contribution in [0.25, 0.3) is 10.9 Å². The second-order valence-corrected chi connectivity index (χ2v) is 6.40. The number of hydrogen-bond acceptors (Lipinski definition) is 4. The number of Topliss-reactive ketones (excluding diaryl/α,β-unsaturated/α-hetero) is 1. The molecule has 0 atom stereocenters. The minimum absolute atomic E-state index is 0.445. The highest BCUT2D eigenvalue weighted by atomic mass is 16.7. The molecule has 1 aromatic heterocycles. The van der Waals surface area contributed by atoms with E-state index in [1.54, 1.807) is 11.1 Å². The van der Waals surface area contributed by atoms with Crippen LogP contribution in [0.4, 0.5) is 0 Å². The van der Waals surface area contributed by atoms with Crippen molar-refractivity contribution in [3.8, 4) is 0 Å². The fourth-order valence-corrected chi connectivity index (χ4v) is 3.62. The lowest BCUT2D eigenvalue weighted by Crippen LogP contribution is -2.49. The van der Waals surface area contributed by atoms with Gasteiger partial charge in [-0.1, -0.05) is 18.2 Å². The van der Waals surface area contributed by atoms with E-state index in [9.17, 15) is 9.59 Å². The summed E-state index contributed by atoms with van der Waals surface area (Å²) in [6.07, 6.45) is 2.96. The molecule has 0 unspecified atom stereocenters. The van der Waals surface area contributed by atoms with Gasteiger partial charge in [0, 0.05) is 50.1 Å². The summed E-state index contributed by atoms with van der Waals surface area (Å²) in [5.74, 6) is -1.44. The van der Waals surface area contributed by atoms with Crippen molar-refractivity contribution in [3.05, 3.63) is 36.0 Å². The highest BCUT2D eigenvalue weighted by molar-refractivity contribution is 6.44. The largest absolute Gasteiger partial charge is 0.350 e. The van der Waals surface area contributed by atoms with E-state index < -0.39 is 17.5 Å². The van der Waals surface area contributed by atoms with Crippen molar-refractivity contribution in [2.45, 2.75) is 18.6 Å². The maximum atomic E-state index is 12.7. The first-order valence-corrected chi connectivity index (χ1v) is 8.25. The van der Waals surface area contributed by atoms with E-state index in [0.717, 1.165) is 10.9 Å². The maximum absolute atomic E-state index is 12.7. The molecule has 0 aliphatic carbocycles. The number of aromatic nitrogens is 1. The molecule has 2 saturated heterocycles. The molecule has 0 bridgehead atoms. The fraction of sp³-hybridized carbons (Fsp3) is 0.444. The van der Waals surface area contributed by atoms with Gasteiger partial charge in [0.15, 0.2) is 5.79 Å². The molecular formula is C18H20N2O4. The number of hydrogen-bond donors (Lipinski definition) is 0. The Morgan fingerprint density at radius 3 is 2.46 bits per heavy atom. The predicted molar refractivity (Wildman–Crippen MR) is 87.7 cm³/mol. The first-order chi connectivity index (χ1) is 11.6. The third-order valence-corrected chi connectivity index (χ3v) is 4.96. The number of carbonyl (C=O) groups is 2. The molecule has 0 radical (unpaired) electrons. The van der Waals surface area contributed by atoms with E-state index in [-0.39, 0.29) is 0 Å². The Morgan fingerprint density at radius 2 is 1.75 bits per heavy atom. The Kier molecular flexibility index (Phi) is 3.66. The topological polar surface area (TPSA) is 60.8 Å². The first-order valence-electron chi connectivity index (χ1n) is 8.25. The van der Waals surface area contributed by atoms with E-state index in [1.807, 2.05) is 35.9 Å². The van der Waals surface area contributed by atoms with Gasteiger partial charge < -0.3 is 18.9 Å². The van der Waals surface area contributed by atoms with Crippen molar-refractivity contribution < 1.29 is 19.1 Å². The van der Waals surface area contributed by atoms with Crippen LogP contribution in [-0.4, -0.2) is 53.2 Å². The number of rotatable bonds is 2. The van der Waals surface area contributed by atoms with Crippen LogP contribution < -0.4 is 0 Å². The van der Waals surface area contributed by atoms with Gasteiger partial charge in [-0.2, -0.15) is 0 Å². The quantitative estimate of drug-likeness (QED) is 0.622. The highest BCUT2D eigenvalue weighted by Gasteiger charge is 2.41. The van der Waals surface area contributed by atoms with Gasteiger partial charge in [-0.05, 0) is 6.07 Å². The van der Waals surface area contributed by atoms with Gasteiger partial charge >= 0.3 is 0 Å². The number of amides is 1. The van der Waals surface area contributed by atoms with Crippen LogP contribution in [0.5, 0.6) is 0 Å². The van der Waals surface area contributed by atoms with Gasteiger partial charge in [0.05, 0.1) is 18.8 Å². The highest BCUT2D eigenvalue weighted by Crippen LogP contribution is 2.31. The smallest absolute Gasteiger partial charge is 0.295 e. The number of ether oxygens (including phenoxy) is 2. The molecule has 2 aliphatic rings. The zero-order chi connectivity index (χ0) is 16.7. The summed E-state index contributed by atoms with van der Waals surface area (Å²) in [6.45, 7) is 2.16. The van der Waals surface area contributed by atoms with Crippen molar-refractivity contribution in [3.63, 3.8) is 0 Å². The summed E-state index contributed by atoms with van der Waals surface area (Å²) >= 11 is 0. The van der Waals surface area contributed by atoms with E-state index in [1.165, 1.54) is 0 Å². The van der Waals surface area contributed by atoms with E-state index in [2.05, 4.69) is 0 Å². The fourth-order valence-electron chi connectivity index (χ4n) is 3.62. The Bertz CT molecular complexity index is 794. The van der Waals surface area contributed by atoms with Crippen molar-refractivity contribution >= 4 is 22.6 Å². The lowest BCUT2D eigenvalue weighted by molar-refractivity contribution is -0.186. The first kappa shape index (κ1) is 15.4. The average Bonchev–Trinajstić information content (AvgIpc) is 3.20. The van der Waals surface area contributed by atoms with Gasteiger partial charge in [0.2, 0.25) is 0 Å². The van der Waals surface area contributed by atoms with Crippen LogP contribution in [0.15, 0.2) is 30.5 Å². The van der Waals surface area contributed by atoms with E-state index in [4.69, 9.17) is 9.47 Å². The van der Waals surface area contributed by atoms with Crippen LogP contribution in [0.3, 0.4) is 0 Å². The summed E-state index contributed by atoms with van der Waals surface area (Å²) in [5, 5.41) is 0.814. The lowest BCUT2D eigenvalue weighted by atomic mass is 10.0. The molecule has 1 amide bonds. The molecule has 0 N–H and O–H groups in total. The van der Waals surface area contributed by atoms with Gasteiger partial charge in [0.25, 0.3) is 11.7 Å². The van der Waals surface area contributed by atoms with Crippen LogP contribution in [0.1, 0.15) is 23.2 Å². The molecule has 24 heavy (non-hydrogen) atoms. The molecule has 1 spiro atoms. The molecule has 6 heteroatoms. The Hall–Kier alpha value is -2.18. The molecule has 2 aromatic rings. The maximum Gasteiger partial charge on any atom is 0.295 e. The number of para-hydroxylation sites is 1. The summed E-state index contributed by atoms with van der Waals surface area (Å²) in [4.78, 5) is 27.0. The number of fused-ring (bicyclic) bond motifs is 1. The number of aryl methyl sites for hydroxylation is 1. The van der Waals surface area contributed by atoms with E-state index >= 15 is 0 Å². The minimum atomic E-state index is -0.542. The number of benzene rings is 1. The second-order valence-electron chi connectivity index (χ2n) is 6.40. The average molecular weight is 328 g/mol. The zero-order valence-corrected chi connectivity index (χ0v) is 13.7. The molecule has 4 rings (SSSR count). The predicted octanol–water partition coefficient (Wildman–Crippen LogP) is 1.73. The third-order valence-electron chi connectivity index (χ3n) is 4.96. The molecular weight excluding hydrogens is 308 g/mol. The summed E-state index contributed by atoms with van der Waals surface area (Å²) < 4.78 is 13.2. The monoisotopic (exact) mass is 328 g/mol. The van der Waals surface area contributed by atoms with Gasteiger partial charge in [-0.15, -0.1) is 0 Å². The molecule has 1 aromatic carbocycles. The van der Waals surface area contributed by atoms with Crippen LogP contribution in [-0.2, 0) is 21.3 Å². The van der Waals surface area contributed by atoms with Gasteiger partial charge in [-0.25, -0.2) is 0 Å². The molecule has 2 aliphatic heterocycles. The minimum Gasteiger partial charge on any atom is -0.350 e. The van der Waals surface area contributed by atoms with Crippen molar-refractivity contribution in [1.29, 1.82) is 0 Å². The van der Waals surface area contributed by atoms with Crippen molar-refractivity contribution in [1.82, 2.24) is 9.47 Å². The third kappa shape index (κ3) is 2.42. The summed E-state index contributed by atoms with van der Waals surface area (Å²) in [7, 11) is 1.88. The molecule has 3 heterocycles. The number of carbonyl (C=O) groups excluding carboxylic acids is 2. The summed E-state index contributed by atoms with van der Waals surface area (Å²) in [6, 6.07) is 7.62. The number of likely N-dealkylation sites (tertiary alicyclic amines) is 1.